The highest BCUT2D eigenvalue weighted by Gasteiger charge is 2.19. The van der Waals surface area contributed by atoms with E-state index in [1.165, 1.54) is 0 Å². The van der Waals surface area contributed by atoms with E-state index in [-0.39, 0.29) is 18.3 Å². The first-order chi connectivity index (χ1) is 10.1. The molecule has 1 fully saturated rings. The molecule has 1 heterocycles. The van der Waals surface area contributed by atoms with Gasteiger partial charge in [0, 0.05) is 30.7 Å². The van der Waals surface area contributed by atoms with Crippen LogP contribution in [0.25, 0.3) is 0 Å². The molecule has 1 aromatic carbocycles. The number of hydrogen-bond acceptors (Lipinski definition) is 4. The van der Waals surface area contributed by atoms with Crippen molar-refractivity contribution in [1.82, 2.24) is 15.5 Å². The normalized spacial score (nSPS) is 18.4. The molecule has 1 aliphatic rings. The Hall–Kier alpha value is -1.01. The number of carbonyl (C=O) groups is 1. The second-order valence-electron chi connectivity index (χ2n) is 5.18. The first kappa shape index (κ1) is 19.0. The Morgan fingerprint density at radius 3 is 2.86 bits per heavy atom. The van der Waals surface area contributed by atoms with Crippen LogP contribution >= 0.6 is 24.0 Å². The second kappa shape index (κ2) is 9.90. The van der Waals surface area contributed by atoms with Gasteiger partial charge < -0.3 is 15.4 Å². The van der Waals surface area contributed by atoms with Crippen LogP contribution in [0.4, 0.5) is 0 Å². The summed E-state index contributed by atoms with van der Waals surface area (Å²) in [6.07, 6.45) is 0. The zero-order valence-corrected chi connectivity index (χ0v) is 14.3. The summed E-state index contributed by atoms with van der Waals surface area (Å²) in [5, 5.41) is 6.87. The van der Waals surface area contributed by atoms with Crippen LogP contribution in [0.15, 0.2) is 24.3 Å². The van der Waals surface area contributed by atoms with Gasteiger partial charge in [0.05, 0.1) is 13.1 Å². The quantitative estimate of drug-likeness (QED) is 0.766. The molecule has 0 spiro atoms. The highest BCUT2D eigenvalue weighted by Crippen LogP contribution is 2.15. The van der Waals surface area contributed by atoms with Crippen molar-refractivity contribution in [1.29, 1.82) is 0 Å². The van der Waals surface area contributed by atoms with Crippen LogP contribution in [0.2, 0.25) is 5.02 Å². The van der Waals surface area contributed by atoms with Gasteiger partial charge in [-0.05, 0) is 31.2 Å². The van der Waals surface area contributed by atoms with E-state index in [1.807, 2.05) is 12.1 Å². The summed E-state index contributed by atoms with van der Waals surface area (Å²) in [4.78, 5) is 14.1. The molecule has 0 aromatic heterocycles. The molecule has 1 amide bonds. The molecule has 0 radical (unpaired) electrons. The number of hydrogen-bond donors (Lipinski definition) is 2. The minimum atomic E-state index is 0. The van der Waals surface area contributed by atoms with E-state index in [1.54, 1.807) is 12.1 Å². The zero-order chi connectivity index (χ0) is 15.1. The fourth-order valence-corrected chi connectivity index (χ4v) is 2.37. The van der Waals surface area contributed by atoms with Gasteiger partial charge in [-0.3, -0.25) is 9.69 Å². The minimum Gasteiger partial charge on any atom is -0.492 e. The number of ether oxygens (including phenoxy) is 1. The SMILES string of the molecule is C[C@@H]1CNCCN1CC(=O)NCCOc1ccc(Cl)cc1.Cl. The Balaban J connectivity index is 0.00000242. The molecule has 0 bridgehead atoms. The molecule has 2 N–H and O–H groups in total. The maximum absolute atomic E-state index is 11.9. The van der Waals surface area contributed by atoms with Gasteiger partial charge in [0.1, 0.15) is 12.4 Å². The van der Waals surface area contributed by atoms with Gasteiger partial charge in [0.2, 0.25) is 5.91 Å². The average Bonchev–Trinajstić information content (AvgIpc) is 2.48. The van der Waals surface area contributed by atoms with Crippen LogP contribution in [0, 0.1) is 0 Å². The van der Waals surface area contributed by atoms with Crippen LogP contribution < -0.4 is 15.4 Å². The van der Waals surface area contributed by atoms with Crippen LogP contribution in [-0.4, -0.2) is 56.2 Å². The van der Waals surface area contributed by atoms with Gasteiger partial charge in [-0.2, -0.15) is 0 Å². The van der Waals surface area contributed by atoms with Crippen molar-refractivity contribution >= 4 is 29.9 Å². The van der Waals surface area contributed by atoms with Gasteiger partial charge in [-0.1, -0.05) is 11.6 Å². The fourth-order valence-electron chi connectivity index (χ4n) is 2.25. The summed E-state index contributed by atoms with van der Waals surface area (Å²) >= 11 is 5.80. The van der Waals surface area contributed by atoms with E-state index in [4.69, 9.17) is 16.3 Å². The molecule has 0 saturated carbocycles. The van der Waals surface area contributed by atoms with Crippen molar-refractivity contribution in [2.45, 2.75) is 13.0 Å². The smallest absolute Gasteiger partial charge is 0.234 e. The number of piperazine rings is 1. The third-order valence-electron chi connectivity index (χ3n) is 3.49. The van der Waals surface area contributed by atoms with E-state index >= 15 is 0 Å². The lowest BCUT2D eigenvalue weighted by atomic mass is 10.2. The summed E-state index contributed by atoms with van der Waals surface area (Å²) in [6, 6.07) is 7.58. The number of carbonyl (C=O) groups excluding carboxylic acids is 1. The van der Waals surface area contributed by atoms with Crippen molar-refractivity contribution in [2.75, 3.05) is 39.3 Å². The lowest BCUT2D eigenvalue weighted by Crippen LogP contribution is -2.52. The van der Waals surface area contributed by atoms with E-state index in [9.17, 15) is 4.79 Å². The summed E-state index contributed by atoms with van der Waals surface area (Å²) in [5.74, 6) is 0.799. The summed E-state index contributed by atoms with van der Waals surface area (Å²) < 4.78 is 5.53. The average molecular weight is 348 g/mol. The van der Waals surface area contributed by atoms with Crippen LogP contribution in [0.5, 0.6) is 5.75 Å². The molecule has 7 heteroatoms. The third kappa shape index (κ3) is 6.40. The lowest BCUT2D eigenvalue weighted by Gasteiger charge is -2.33. The molecule has 2 rings (SSSR count). The standard InChI is InChI=1S/C15H22ClN3O2.ClH/c1-12-10-17-6-8-19(12)11-15(20)18-7-9-21-14-4-2-13(16)3-5-14;/h2-5,12,17H,6-11H2,1H3,(H,18,20);1H/t12-;/m1./s1. The van der Waals surface area contributed by atoms with Gasteiger partial charge in [-0.15, -0.1) is 12.4 Å². The van der Waals surface area contributed by atoms with E-state index in [2.05, 4.69) is 22.5 Å². The monoisotopic (exact) mass is 347 g/mol. The number of nitrogens with one attached hydrogen (secondary N) is 2. The molecule has 1 atom stereocenters. The fraction of sp³-hybridized carbons (Fsp3) is 0.533. The van der Waals surface area contributed by atoms with Gasteiger partial charge in [0.15, 0.2) is 0 Å². The Morgan fingerprint density at radius 2 is 2.18 bits per heavy atom. The summed E-state index contributed by atoms with van der Waals surface area (Å²) in [7, 11) is 0. The van der Waals surface area contributed by atoms with Crippen LogP contribution in [0.1, 0.15) is 6.92 Å². The topological polar surface area (TPSA) is 53.6 Å². The van der Waals surface area contributed by atoms with Crippen molar-refractivity contribution in [3.8, 4) is 5.75 Å². The first-order valence-electron chi connectivity index (χ1n) is 7.25. The highest BCUT2D eigenvalue weighted by atomic mass is 35.5. The predicted octanol–water partition coefficient (Wildman–Crippen LogP) is 1.55. The molecule has 124 valence electrons. The van der Waals surface area contributed by atoms with E-state index in [0.29, 0.717) is 30.8 Å². The van der Waals surface area contributed by atoms with Gasteiger partial charge in [0.25, 0.3) is 0 Å². The zero-order valence-electron chi connectivity index (χ0n) is 12.7. The molecule has 1 saturated heterocycles. The minimum absolute atomic E-state index is 0. The molecule has 0 unspecified atom stereocenters. The largest absolute Gasteiger partial charge is 0.492 e. The summed E-state index contributed by atoms with van der Waals surface area (Å²) in [6.45, 7) is 6.32. The number of amides is 1. The van der Waals surface area contributed by atoms with Crippen LogP contribution in [-0.2, 0) is 4.79 Å². The summed E-state index contributed by atoms with van der Waals surface area (Å²) in [5.41, 5.74) is 0. The molecular weight excluding hydrogens is 325 g/mol. The number of halogens is 2. The van der Waals surface area contributed by atoms with Gasteiger partial charge in [-0.25, -0.2) is 0 Å². The third-order valence-corrected chi connectivity index (χ3v) is 3.74. The maximum atomic E-state index is 11.9. The Kier molecular flexibility index (Phi) is 8.56. The number of benzene rings is 1. The molecule has 1 aromatic rings. The van der Waals surface area contributed by atoms with Gasteiger partial charge >= 0.3 is 0 Å². The van der Waals surface area contributed by atoms with Crippen molar-refractivity contribution < 1.29 is 9.53 Å². The van der Waals surface area contributed by atoms with Crippen LogP contribution in [0.3, 0.4) is 0 Å². The number of nitrogens with zero attached hydrogens (tertiary/aromatic N) is 1. The van der Waals surface area contributed by atoms with Crippen molar-refractivity contribution in [3.63, 3.8) is 0 Å². The first-order valence-corrected chi connectivity index (χ1v) is 7.63. The Bertz CT molecular complexity index is 457. The molecule has 1 aliphatic heterocycles. The van der Waals surface area contributed by atoms with E-state index < -0.39 is 0 Å². The van der Waals surface area contributed by atoms with Crippen molar-refractivity contribution in [3.05, 3.63) is 29.3 Å². The Morgan fingerprint density at radius 1 is 1.45 bits per heavy atom. The Labute approximate surface area is 142 Å². The molecule has 22 heavy (non-hydrogen) atoms. The highest BCUT2D eigenvalue weighted by molar-refractivity contribution is 6.30. The maximum Gasteiger partial charge on any atom is 0.234 e. The number of rotatable bonds is 6. The van der Waals surface area contributed by atoms with Crippen molar-refractivity contribution in [2.24, 2.45) is 0 Å². The lowest BCUT2D eigenvalue weighted by molar-refractivity contribution is -0.123. The molecule has 5 nitrogen and oxygen atoms in total. The second-order valence-corrected chi connectivity index (χ2v) is 5.61. The van der Waals surface area contributed by atoms with E-state index in [0.717, 1.165) is 25.4 Å². The molecular formula is C15H23Cl2N3O2. The molecule has 0 aliphatic carbocycles. The predicted molar refractivity (Wildman–Crippen MR) is 91.1 cm³/mol.